The molecule has 27 heavy (non-hydrogen) atoms. The Morgan fingerprint density at radius 3 is 2.26 bits per heavy atom. The van der Waals surface area contributed by atoms with Gasteiger partial charge in [0.2, 0.25) is 0 Å². The summed E-state index contributed by atoms with van der Waals surface area (Å²) in [4.78, 5) is 19.3. The first-order valence-electron chi connectivity index (χ1n) is 9.25. The number of rotatable bonds is 5. The zero-order valence-electron chi connectivity index (χ0n) is 15.6. The van der Waals surface area contributed by atoms with E-state index in [1.54, 1.807) is 6.07 Å². The van der Waals surface area contributed by atoms with Gasteiger partial charge >= 0.3 is 0 Å². The normalized spacial score (nSPS) is 19.1. The molecule has 8 nitrogen and oxygen atoms in total. The summed E-state index contributed by atoms with van der Waals surface area (Å²) in [5, 5.41) is 20.2. The summed E-state index contributed by atoms with van der Waals surface area (Å²) in [6.45, 7) is 6.51. The van der Waals surface area contributed by atoms with Gasteiger partial charge in [0.25, 0.3) is 5.69 Å². The molecule has 0 aliphatic carbocycles. The molecule has 2 fully saturated rings. The molecule has 0 saturated carbocycles. The van der Waals surface area contributed by atoms with Crippen molar-refractivity contribution < 1.29 is 9.31 Å². The van der Waals surface area contributed by atoms with Crippen LogP contribution in [0.4, 0.5) is 21.5 Å². The van der Waals surface area contributed by atoms with Gasteiger partial charge in [-0.05, 0) is 13.1 Å². The van der Waals surface area contributed by atoms with Gasteiger partial charge in [0.1, 0.15) is 5.69 Å². The summed E-state index contributed by atoms with van der Waals surface area (Å²) in [7, 11) is 2.03. The second-order valence-corrected chi connectivity index (χ2v) is 7.08. The Hall–Kier alpha value is -2.44. The Morgan fingerprint density at radius 2 is 1.67 bits per heavy atom. The first kappa shape index (κ1) is 19.3. The van der Waals surface area contributed by atoms with E-state index in [2.05, 4.69) is 15.9 Å². The maximum absolute atomic E-state index is 14.6. The molecule has 0 amide bonds. The molecule has 3 rings (SSSR count). The zero-order chi connectivity index (χ0) is 19.4. The molecule has 0 spiro atoms. The van der Waals surface area contributed by atoms with Gasteiger partial charge in [-0.3, -0.25) is 15.0 Å². The van der Waals surface area contributed by atoms with Crippen molar-refractivity contribution in [3.63, 3.8) is 0 Å². The quantitative estimate of drug-likeness (QED) is 0.569. The van der Waals surface area contributed by atoms with E-state index in [1.165, 1.54) is 0 Å². The second-order valence-electron chi connectivity index (χ2n) is 7.08. The molecule has 9 heteroatoms. The van der Waals surface area contributed by atoms with E-state index in [1.807, 2.05) is 16.8 Å². The molecule has 0 N–H and O–H groups in total. The van der Waals surface area contributed by atoms with Crippen molar-refractivity contribution in [1.29, 1.82) is 5.26 Å². The fourth-order valence-electron chi connectivity index (χ4n) is 3.65. The van der Waals surface area contributed by atoms with Crippen LogP contribution in [0.25, 0.3) is 0 Å². The van der Waals surface area contributed by atoms with E-state index in [4.69, 9.17) is 5.26 Å². The van der Waals surface area contributed by atoms with Crippen molar-refractivity contribution in [3.8, 4) is 6.07 Å². The number of hydrogen-bond donors (Lipinski definition) is 0. The third-order valence-electron chi connectivity index (χ3n) is 5.34. The third kappa shape index (κ3) is 4.46. The van der Waals surface area contributed by atoms with Crippen molar-refractivity contribution in [3.05, 3.63) is 28.1 Å². The van der Waals surface area contributed by atoms with Crippen LogP contribution in [0.2, 0.25) is 0 Å². The molecule has 0 atom stereocenters. The highest BCUT2D eigenvalue weighted by molar-refractivity contribution is 5.71. The zero-order valence-corrected chi connectivity index (χ0v) is 15.6. The molecule has 1 aromatic rings. The van der Waals surface area contributed by atoms with E-state index in [-0.39, 0.29) is 5.69 Å². The molecule has 146 valence electrons. The van der Waals surface area contributed by atoms with Gasteiger partial charge in [-0.1, -0.05) is 0 Å². The minimum atomic E-state index is -0.539. The van der Waals surface area contributed by atoms with E-state index >= 15 is 0 Å². The summed E-state index contributed by atoms with van der Waals surface area (Å²) in [5.41, 5.74) is 0.738. The van der Waals surface area contributed by atoms with E-state index < -0.39 is 10.7 Å². The van der Waals surface area contributed by atoms with Crippen molar-refractivity contribution in [2.24, 2.45) is 0 Å². The Bertz CT molecular complexity index is 721. The van der Waals surface area contributed by atoms with Crippen molar-refractivity contribution in [2.75, 3.05) is 75.8 Å². The lowest BCUT2D eigenvalue weighted by atomic mass is 10.1. The molecule has 0 bridgehead atoms. The average Bonchev–Trinajstić information content (AvgIpc) is 2.67. The predicted octanol–water partition coefficient (Wildman–Crippen LogP) is 1.52. The monoisotopic (exact) mass is 376 g/mol. The maximum atomic E-state index is 14.6. The number of nitrogens with zero attached hydrogens (tertiary/aromatic N) is 6. The molecular formula is C18H25FN6O2. The minimum absolute atomic E-state index is 0.184. The van der Waals surface area contributed by atoms with Crippen LogP contribution in [-0.4, -0.2) is 80.7 Å². The number of nitro groups is 1. The highest BCUT2D eigenvalue weighted by atomic mass is 19.1. The summed E-state index contributed by atoms with van der Waals surface area (Å²) >= 11 is 0. The first-order chi connectivity index (χ1) is 13.0. The SMILES string of the molecule is CN1CCN(c2cc(N3CCN(CCC#N)CC3)c([N+](=O)[O-])cc2F)CC1. The van der Waals surface area contributed by atoms with Gasteiger partial charge in [0, 0.05) is 65.3 Å². The van der Waals surface area contributed by atoms with Crippen LogP contribution in [0.15, 0.2) is 12.1 Å². The highest BCUT2D eigenvalue weighted by Crippen LogP contribution is 2.36. The summed E-state index contributed by atoms with van der Waals surface area (Å²) in [6.07, 6.45) is 0.476. The molecule has 0 aromatic heterocycles. The van der Waals surface area contributed by atoms with Crippen molar-refractivity contribution in [1.82, 2.24) is 9.80 Å². The topological polar surface area (TPSA) is 79.9 Å². The number of benzene rings is 1. The van der Waals surface area contributed by atoms with Crippen LogP contribution in [0, 0.1) is 27.3 Å². The average molecular weight is 376 g/mol. The highest BCUT2D eigenvalue weighted by Gasteiger charge is 2.28. The standard InChI is InChI=1S/C18H25FN6O2/c1-21-5-9-23(10-6-21)16-14-17(18(25(26)27)13-15(16)19)24-11-7-22(8-12-24)4-2-3-20/h13-14H,2,4-12H2,1H3. The van der Waals surface area contributed by atoms with Gasteiger partial charge in [0.05, 0.1) is 22.7 Å². The van der Waals surface area contributed by atoms with E-state index in [9.17, 15) is 14.5 Å². The van der Waals surface area contributed by atoms with Gasteiger partial charge in [-0.25, -0.2) is 4.39 Å². The third-order valence-corrected chi connectivity index (χ3v) is 5.34. The Kier molecular flexibility index (Phi) is 6.08. The van der Waals surface area contributed by atoms with Crippen LogP contribution in [0.3, 0.4) is 0 Å². The number of piperazine rings is 2. The van der Waals surface area contributed by atoms with Crippen molar-refractivity contribution in [2.45, 2.75) is 6.42 Å². The molecule has 2 heterocycles. The number of halogens is 1. The lowest BCUT2D eigenvalue weighted by Crippen LogP contribution is -2.47. The first-order valence-corrected chi connectivity index (χ1v) is 9.25. The Labute approximate surface area is 158 Å². The molecule has 1 aromatic carbocycles. The Balaban J connectivity index is 1.82. The second kappa shape index (κ2) is 8.50. The number of anilines is 2. The largest absolute Gasteiger partial charge is 0.367 e. The minimum Gasteiger partial charge on any atom is -0.367 e. The van der Waals surface area contributed by atoms with Crippen LogP contribution in [-0.2, 0) is 0 Å². The molecule has 0 radical (unpaired) electrons. The van der Waals surface area contributed by atoms with Gasteiger partial charge < -0.3 is 14.7 Å². The van der Waals surface area contributed by atoms with Crippen molar-refractivity contribution >= 4 is 17.1 Å². The summed E-state index contributed by atoms with van der Waals surface area (Å²) < 4.78 is 14.6. The number of likely N-dealkylation sites (N-methyl/N-ethyl adjacent to an activating group) is 1. The molecular weight excluding hydrogens is 351 g/mol. The van der Waals surface area contributed by atoms with Crippen LogP contribution in [0.1, 0.15) is 6.42 Å². The van der Waals surface area contributed by atoms with Gasteiger partial charge in [-0.15, -0.1) is 0 Å². The molecule has 2 aliphatic rings. The number of hydrogen-bond acceptors (Lipinski definition) is 7. The fraction of sp³-hybridized carbons (Fsp3) is 0.611. The number of nitro benzene ring substituents is 1. The Morgan fingerprint density at radius 1 is 1.07 bits per heavy atom. The fourth-order valence-corrected chi connectivity index (χ4v) is 3.65. The lowest BCUT2D eigenvalue weighted by Gasteiger charge is -2.37. The van der Waals surface area contributed by atoms with Gasteiger partial charge in [-0.2, -0.15) is 5.26 Å². The summed E-state index contributed by atoms with van der Waals surface area (Å²) in [6, 6.07) is 4.84. The molecule has 2 aliphatic heterocycles. The van der Waals surface area contributed by atoms with Crippen LogP contribution < -0.4 is 9.80 Å². The van der Waals surface area contributed by atoms with E-state index in [0.717, 1.165) is 32.2 Å². The lowest BCUT2D eigenvalue weighted by molar-refractivity contribution is -0.384. The summed E-state index contributed by atoms with van der Waals surface area (Å²) in [5.74, 6) is -0.539. The van der Waals surface area contributed by atoms with Gasteiger partial charge in [0.15, 0.2) is 5.82 Å². The smallest absolute Gasteiger partial charge is 0.295 e. The predicted molar refractivity (Wildman–Crippen MR) is 102 cm³/mol. The van der Waals surface area contributed by atoms with E-state index in [0.29, 0.717) is 50.5 Å². The van der Waals surface area contributed by atoms with Crippen LogP contribution in [0.5, 0.6) is 0 Å². The number of nitriles is 1. The maximum Gasteiger partial charge on any atom is 0.295 e. The molecule has 0 unspecified atom stereocenters. The van der Waals surface area contributed by atoms with Crippen LogP contribution >= 0.6 is 0 Å². The molecule has 2 saturated heterocycles.